The Hall–Kier alpha value is -9.50. The second kappa shape index (κ2) is 33.6. The number of fused-ring (bicyclic) bond motifs is 4. The van der Waals surface area contributed by atoms with Gasteiger partial charge in [-0.05, 0) is 95.4 Å². The molecule has 0 spiro atoms. The molecule has 28 nitrogen and oxygen atoms in total. The minimum atomic E-state index is -1.68. The van der Waals surface area contributed by atoms with Gasteiger partial charge in [-0.2, -0.15) is 0 Å². The zero-order chi connectivity index (χ0) is 69.3. The summed E-state index contributed by atoms with van der Waals surface area (Å²) in [6, 6.07) is 10.8. The number of rotatable bonds is 13. The van der Waals surface area contributed by atoms with E-state index < -0.39 is 152 Å². The number of pyridine rings is 2. The zero-order valence-electron chi connectivity index (χ0n) is 56.2. The van der Waals surface area contributed by atoms with Gasteiger partial charge in [-0.3, -0.25) is 57.5 Å². The molecule has 3 saturated heterocycles. The third-order valence-electron chi connectivity index (χ3n) is 17.6. The third kappa shape index (κ3) is 18.5. The van der Waals surface area contributed by atoms with E-state index in [9.17, 15) is 47.9 Å². The first kappa shape index (κ1) is 72.9. The molecule has 5 atom stereocenters. The van der Waals surface area contributed by atoms with Gasteiger partial charge in [0.15, 0.2) is 22.9 Å². The highest BCUT2D eigenvalue weighted by Gasteiger charge is 2.42. The predicted octanol–water partition coefficient (Wildman–Crippen LogP) is 1.92. The van der Waals surface area contributed by atoms with E-state index in [1.165, 1.54) is 51.8 Å². The Morgan fingerprint density at radius 3 is 1.45 bits per heavy atom. The molecule has 3 fully saturated rings. The molecule has 3 aliphatic heterocycles. The van der Waals surface area contributed by atoms with Gasteiger partial charge in [-0.1, -0.05) is 76.9 Å². The zero-order valence-corrected chi connectivity index (χ0v) is 56.2. The summed E-state index contributed by atoms with van der Waals surface area (Å²) in [6.45, 7) is 7.33. The van der Waals surface area contributed by atoms with Crippen LogP contribution in [0.15, 0.2) is 60.7 Å². The number of aromatic nitrogens is 2. The lowest BCUT2D eigenvalue weighted by Crippen LogP contribution is -2.62. The van der Waals surface area contributed by atoms with Crippen molar-refractivity contribution in [3.05, 3.63) is 72.1 Å². The molecule has 0 unspecified atom stereocenters. The van der Waals surface area contributed by atoms with Crippen LogP contribution in [0.5, 0.6) is 11.5 Å². The molecule has 0 aliphatic carbocycles. The average Bonchev–Trinajstić information content (AvgIpc) is 0.826. The number of hydrogen-bond donors (Lipinski definition) is 6. The smallest absolute Gasteiger partial charge is 0.274 e. The monoisotopic (exact) mass is 1320 g/mol. The van der Waals surface area contributed by atoms with Crippen molar-refractivity contribution in [3.8, 4) is 11.5 Å². The molecule has 0 saturated carbocycles. The largest absolute Gasteiger partial charge is 0.491 e. The van der Waals surface area contributed by atoms with Crippen molar-refractivity contribution >= 4 is 92.7 Å². The van der Waals surface area contributed by atoms with Crippen LogP contribution in [0.4, 0.5) is 0 Å². The van der Waals surface area contributed by atoms with E-state index in [1.807, 2.05) is 19.9 Å². The Bertz CT molecular complexity index is 3510. The maximum absolute atomic E-state index is 15.1. The number of ether oxygens (including phenoxy) is 2. The molecule has 6 N–H and O–H groups in total. The number of unbranched alkanes of at least 4 members (excludes halogenated alkanes) is 2. The molecule has 0 radical (unpaired) electrons. The van der Waals surface area contributed by atoms with E-state index in [1.54, 1.807) is 68.4 Å². The lowest BCUT2D eigenvalue weighted by molar-refractivity contribution is -0.147. The van der Waals surface area contributed by atoms with Crippen LogP contribution in [0.25, 0.3) is 21.8 Å². The highest BCUT2D eigenvalue weighted by molar-refractivity contribution is 6.03. The fourth-order valence-corrected chi connectivity index (χ4v) is 11.5. The quantitative estimate of drug-likeness (QED) is 0.104. The molecular weight excluding hydrogens is 1220 g/mol. The molecule has 95 heavy (non-hydrogen) atoms. The van der Waals surface area contributed by atoms with Gasteiger partial charge in [0, 0.05) is 65.1 Å². The van der Waals surface area contributed by atoms with Gasteiger partial charge in [-0.25, -0.2) is 9.97 Å². The molecule has 4 aromatic rings. The summed E-state index contributed by atoms with van der Waals surface area (Å²) < 4.78 is 12.1. The van der Waals surface area contributed by atoms with Gasteiger partial charge in [0.25, 0.3) is 11.8 Å². The van der Waals surface area contributed by atoms with Gasteiger partial charge in [0.05, 0.1) is 50.4 Å². The average molecular weight is 1320 g/mol. The number of carbonyl (C=O) groups is 12. The summed E-state index contributed by atoms with van der Waals surface area (Å²) in [5, 5.41) is 17.6. The molecule has 5 heterocycles. The van der Waals surface area contributed by atoms with Crippen LogP contribution < -0.4 is 41.4 Å². The number of nitrogens with one attached hydrogen (secondary N) is 6. The fraction of sp³-hybridized carbons (Fsp3) is 0.552. The first-order valence-corrected chi connectivity index (χ1v) is 32.7. The number of hydrogen-bond acceptors (Lipinski definition) is 16. The van der Waals surface area contributed by atoms with Crippen LogP contribution >= 0.6 is 0 Å². The summed E-state index contributed by atoms with van der Waals surface area (Å²) in [5.74, 6) is -9.20. The standard InChI is InChI=1S/C67H92N14O14/c1-11-13-31-94-50-33-42-23-15-17-25-44(42)72-56(50)61(88)74-46-35-68-63(90)58(41(3)4)78(9)54(84)39-76(7)52(82)37-69-60(87)49-28-20-22-30-81(49)65(92)47(75-62(89)57-51(95-32-14-12-2)34-43-24-16-18-26-45(43)73-57)36-71-66(93)67(5,6)79(10)55(85)40-77(8)53(83)38-70-59(86)48-27-19-21-29-80(48)64(46)91/h15-18,23-26,33-34,41,46-49,58H,11-14,19-22,27-32,35-40H2,1-10H3,(H,68,90)(H,69,87)(H,70,86)(H,71,93)(H,74,88)(H,75,89)/t46-,47-,48+,49+,58+/m1/s1. The van der Waals surface area contributed by atoms with Gasteiger partial charge in [0.2, 0.25) is 59.1 Å². The van der Waals surface area contributed by atoms with Gasteiger partial charge < -0.3 is 70.8 Å². The number of piperidine rings is 2. The maximum atomic E-state index is 15.1. The Morgan fingerprint density at radius 1 is 0.579 bits per heavy atom. The Morgan fingerprint density at radius 2 is 1.01 bits per heavy atom. The molecule has 2 aromatic heterocycles. The van der Waals surface area contributed by atoms with Crippen LogP contribution in [-0.2, 0) is 47.9 Å². The highest BCUT2D eigenvalue weighted by atomic mass is 16.5. The van der Waals surface area contributed by atoms with Crippen LogP contribution in [0.2, 0.25) is 0 Å². The van der Waals surface area contributed by atoms with Crippen molar-refractivity contribution in [1.82, 2.24) is 71.3 Å². The van der Waals surface area contributed by atoms with E-state index in [2.05, 4.69) is 41.9 Å². The summed E-state index contributed by atoms with van der Waals surface area (Å²) in [5.41, 5.74) is -1.06. The summed E-state index contributed by atoms with van der Waals surface area (Å²) >= 11 is 0. The normalized spacial score (nSPS) is 21.8. The van der Waals surface area contributed by atoms with Gasteiger partial charge in [-0.15, -0.1) is 0 Å². The van der Waals surface area contributed by atoms with Crippen LogP contribution in [0.1, 0.15) is 127 Å². The molecule has 2 aromatic carbocycles. The molecular formula is C67H92N14O14. The second-order valence-corrected chi connectivity index (χ2v) is 25.2. The van der Waals surface area contributed by atoms with Gasteiger partial charge in [0.1, 0.15) is 35.7 Å². The predicted molar refractivity (Wildman–Crippen MR) is 351 cm³/mol. The molecule has 514 valence electrons. The lowest BCUT2D eigenvalue weighted by Gasteiger charge is -2.38. The minimum absolute atomic E-state index is 0.0393. The molecule has 3 aliphatic rings. The SMILES string of the molecule is CCCCOc1cc2ccccc2nc1C(=O)N[C@@H]1CNC(=O)[C@H](C(C)C)N(C)C(=O)CN(C)C(=O)CNC(=O)[C@@H]2CCCCN2C(=O)[C@H](NC(=O)c2nc3ccccc3cc2OCCCC)CNC(=O)C(C)(C)N(C)C(=O)CN(C)C(=O)CNC(=O)[C@@H]2CCCCN2C1=O. The van der Waals surface area contributed by atoms with Crippen molar-refractivity contribution < 1.29 is 67.0 Å². The van der Waals surface area contributed by atoms with Crippen molar-refractivity contribution in [2.24, 2.45) is 5.92 Å². The van der Waals surface area contributed by atoms with Gasteiger partial charge >= 0.3 is 0 Å². The van der Waals surface area contributed by atoms with E-state index >= 15 is 9.59 Å². The fourth-order valence-electron chi connectivity index (χ4n) is 11.5. The first-order chi connectivity index (χ1) is 45.3. The molecule has 7 rings (SSSR count). The summed E-state index contributed by atoms with van der Waals surface area (Å²) in [6.07, 6.45) is 5.11. The second-order valence-electron chi connectivity index (χ2n) is 25.2. The van der Waals surface area contributed by atoms with Crippen LogP contribution in [0.3, 0.4) is 0 Å². The molecule has 28 heteroatoms. The van der Waals surface area contributed by atoms with Crippen molar-refractivity contribution in [2.75, 3.05) is 93.8 Å². The summed E-state index contributed by atoms with van der Waals surface area (Å²) in [7, 11) is 5.38. The number of amides is 12. The first-order valence-electron chi connectivity index (χ1n) is 32.7. The van der Waals surface area contributed by atoms with E-state index in [0.717, 1.165) is 32.4 Å². The van der Waals surface area contributed by atoms with Crippen molar-refractivity contribution in [3.63, 3.8) is 0 Å². The number of carbonyl (C=O) groups excluding carboxylic acids is 12. The van der Waals surface area contributed by atoms with Crippen molar-refractivity contribution in [1.29, 1.82) is 0 Å². The van der Waals surface area contributed by atoms with Crippen molar-refractivity contribution in [2.45, 2.75) is 141 Å². The topological polar surface area (TPSA) is 341 Å². The van der Waals surface area contributed by atoms with E-state index in [0.29, 0.717) is 60.3 Å². The number of nitrogens with zero attached hydrogens (tertiary/aromatic N) is 8. The van der Waals surface area contributed by atoms with E-state index in [4.69, 9.17) is 9.47 Å². The Labute approximate surface area is 553 Å². The third-order valence-corrected chi connectivity index (χ3v) is 17.6. The highest BCUT2D eigenvalue weighted by Crippen LogP contribution is 2.28. The molecule has 12 amide bonds. The molecule has 0 bridgehead atoms. The maximum Gasteiger partial charge on any atom is 0.274 e. The van der Waals surface area contributed by atoms with E-state index in [-0.39, 0.29) is 62.0 Å². The Balaban J connectivity index is 1.18. The number of benzene rings is 2. The minimum Gasteiger partial charge on any atom is -0.491 e. The van der Waals surface area contributed by atoms with Crippen LogP contribution in [-0.4, -0.2) is 240 Å². The lowest BCUT2D eigenvalue weighted by atomic mass is 9.99. The number of para-hydroxylation sites is 2. The van der Waals surface area contributed by atoms with Crippen LogP contribution in [0, 0.1) is 5.92 Å². The Kier molecular flexibility index (Phi) is 25.8. The number of likely N-dealkylation sites (N-methyl/N-ethyl adjacent to an activating group) is 4. The summed E-state index contributed by atoms with van der Waals surface area (Å²) in [4.78, 5) is 188.